The van der Waals surface area contributed by atoms with E-state index < -0.39 is 28.7 Å². The van der Waals surface area contributed by atoms with E-state index in [9.17, 15) is 4.79 Å². The van der Waals surface area contributed by atoms with Crippen LogP contribution in [0.4, 0.5) is 0 Å². The number of allylic oxidation sites excluding steroid dienone is 2. The molecule has 0 aliphatic carbocycles. The number of aromatic nitrogens is 1. The molecule has 1 aromatic carbocycles. The van der Waals surface area contributed by atoms with Gasteiger partial charge in [-0.15, -0.1) is 0 Å². The number of fused-ring (bicyclic) bond motifs is 2. The molecule has 2 heterocycles. The minimum atomic E-state index is -0.815. The molecule has 3 heteroatoms. The van der Waals surface area contributed by atoms with Gasteiger partial charge in [0.15, 0.2) is 0 Å². The monoisotopic (exact) mass is 299 g/mol. The van der Waals surface area contributed by atoms with Crippen molar-refractivity contribution >= 4 is 16.8 Å². The van der Waals surface area contributed by atoms with Crippen molar-refractivity contribution in [2.45, 2.75) is 13.8 Å². The Morgan fingerprint density at radius 1 is 1.24 bits per heavy atom. The number of rotatable bonds is 0. The van der Waals surface area contributed by atoms with Crippen LogP contribution in [0.2, 0.25) is 0 Å². The van der Waals surface area contributed by atoms with E-state index in [1.165, 1.54) is 12.7 Å². The molecule has 0 saturated carbocycles. The van der Waals surface area contributed by atoms with Crippen LogP contribution in [0.1, 0.15) is 13.8 Å². The number of benzene rings is 1. The van der Waals surface area contributed by atoms with E-state index in [1.54, 1.807) is 8.58 Å². The van der Waals surface area contributed by atoms with Gasteiger partial charge in [0.25, 0.3) is 0 Å². The summed E-state index contributed by atoms with van der Waals surface area (Å²) >= 11 is -0.815. The summed E-state index contributed by atoms with van der Waals surface area (Å²) in [5.74, 6) is 0. The van der Waals surface area contributed by atoms with Crippen molar-refractivity contribution in [3.05, 3.63) is 49.9 Å². The predicted octanol–water partition coefficient (Wildman–Crippen LogP) is 1.95. The van der Waals surface area contributed by atoms with Crippen LogP contribution in [-0.2, 0) is 28.7 Å². The zero-order valence-corrected chi connectivity index (χ0v) is 12.7. The summed E-state index contributed by atoms with van der Waals surface area (Å²) in [5, 5.41) is 3.13. The molecule has 3 rings (SSSR count). The standard InChI is InChI=1S/C14H12NO.Y/c1-3-10(2)8-11-4-5-12-6-7-15-14(16)13(12)9-11;/h5-9H,1-2H3,(H,15,16);. The van der Waals surface area contributed by atoms with Crippen LogP contribution in [0, 0.1) is 1.95 Å². The average molecular weight is 299 g/mol. The SMILES string of the molecule is CC1=[C](C)[Y]=[c]2cc3cc[nH]c(=O)c3cc2=C1. The summed E-state index contributed by atoms with van der Waals surface area (Å²) in [6.45, 7) is 4.42. The van der Waals surface area contributed by atoms with Crippen LogP contribution in [0.25, 0.3) is 16.8 Å². The van der Waals surface area contributed by atoms with Gasteiger partial charge in [0.2, 0.25) is 0 Å². The summed E-state index contributed by atoms with van der Waals surface area (Å²) in [6, 6.07) is 6.25. The van der Waals surface area contributed by atoms with Crippen molar-refractivity contribution < 1.29 is 28.7 Å². The fourth-order valence-electron chi connectivity index (χ4n) is 2.21. The van der Waals surface area contributed by atoms with Crippen LogP contribution < -0.4 is 10.8 Å². The third-order valence-electron chi connectivity index (χ3n) is 3.34. The van der Waals surface area contributed by atoms with Crippen LogP contribution >= 0.6 is 0 Å². The number of nitrogens with one attached hydrogen (secondary N) is 1. The first-order valence-electron chi connectivity index (χ1n) is 5.67. The zero-order chi connectivity index (χ0) is 12.0. The molecule has 1 aliphatic heterocycles. The van der Waals surface area contributed by atoms with Crippen molar-refractivity contribution in [3.63, 3.8) is 0 Å². The summed E-state index contributed by atoms with van der Waals surface area (Å²) < 4.78 is 3.10. The van der Waals surface area contributed by atoms with E-state index in [1.807, 2.05) is 12.1 Å². The Hall–Kier alpha value is -0.856. The molecular formula is C14H12NOY. The second-order valence-electron chi connectivity index (χ2n) is 4.53. The van der Waals surface area contributed by atoms with E-state index >= 15 is 0 Å². The number of hydrogen-bond acceptors (Lipinski definition) is 1. The Kier molecular flexibility index (Phi) is 2.72. The maximum absolute atomic E-state index is 11.7. The van der Waals surface area contributed by atoms with Crippen molar-refractivity contribution in [3.8, 4) is 0 Å². The van der Waals surface area contributed by atoms with Gasteiger partial charge in [-0.2, -0.15) is 0 Å². The van der Waals surface area contributed by atoms with E-state index in [-0.39, 0.29) is 5.56 Å². The van der Waals surface area contributed by atoms with Crippen LogP contribution in [0.5, 0.6) is 0 Å². The van der Waals surface area contributed by atoms with Crippen molar-refractivity contribution in [1.29, 1.82) is 0 Å². The number of H-pyrrole nitrogens is 1. The quantitative estimate of drug-likeness (QED) is 0.792. The Bertz CT molecular complexity index is 827. The Balaban J connectivity index is 2.52. The van der Waals surface area contributed by atoms with Crippen molar-refractivity contribution in [2.75, 3.05) is 0 Å². The second-order valence-corrected chi connectivity index (χ2v) is 8.90. The van der Waals surface area contributed by atoms with Crippen molar-refractivity contribution in [2.24, 2.45) is 0 Å². The Morgan fingerprint density at radius 3 is 2.88 bits per heavy atom. The third kappa shape index (κ3) is 1.90. The molecule has 0 atom stereocenters. The predicted molar refractivity (Wildman–Crippen MR) is 65.9 cm³/mol. The fourth-order valence-corrected chi connectivity index (χ4v) is 5.59. The van der Waals surface area contributed by atoms with Gasteiger partial charge in [0.05, 0.1) is 0 Å². The van der Waals surface area contributed by atoms with Gasteiger partial charge in [-0.05, 0) is 0 Å². The molecule has 17 heavy (non-hydrogen) atoms. The summed E-state index contributed by atoms with van der Waals surface area (Å²) in [4.78, 5) is 14.5. The number of pyridine rings is 1. The molecule has 1 aromatic heterocycles. The van der Waals surface area contributed by atoms with E-state index in [0.29, 0.717) is 0 Å². The van der Waals surface area contributed by atoms with Crippen LogP contribution in [0.15, 0.2) is 37.1 Å². The summed E-state index contributed by atoms with van der Waals surface area (Å²) in [7, 11) is 0. The maximum atomic E-state index is 11.7. The Labute approximate surface area is 113 Å². The molecule has 82 valence electrons. The first-order valence-corrected chi connectivity index (χ1v) is 8.51. The molecule has 1 aliphatic rings. The van der Waals surface area contributed by atoms with Gasteiger partial charge in [-0.25, -0.2) is 0 Å². The van der Waals surface area contributed by atoms with E-state index in [0.717, 1.165) is 10.8 Å². The van der Waals surface area contributed by atoms with Gasteiger partial charge in [0.1, 0.15) is 0 Å². The zero-order valence-electron chi connectivity index (χ0n) is 9.87. The molecule has 0 radical (unpaired) electrons. The molecule has 2 nitrogen and oxygen atoms in total. The van der Waals surface area contributed by atoms with Crippen LogP contribution in [0.3, 0.4) is 0 Å². The minimum absolute atomic E-state index is 0.00966. The molecule has 0 saturated heterocycles. The first kappa shape index (κ1) is 11.2. The molecule has 0 fully saturated rings. The number of aromatic amines is 1. The van der Waals surface area contributed by atoms with E-state index in [2.05, 4.69) is 31.0 Å². The molecule has 1 N–H and O–H groups in total. The van der Waals surface area contributed by atoms with Gasteiger partial charge in [-0.1, -0.05) is 0 Å². The molecule has 0 amide bonds. The normalized spacial score (nSPS) is 13.8. The molecule has 2 aromatic rings. The third-order valence-corrected chi connectivity index (χ3v) is 7.52. The van der Waals surface area contributed by atoms with Gasteiger partial charge in [0, 0.05) is 0 Å². The topological polar surface area (TPSA) is 32.9 Å². The molecule has 0 spiro atoms. The van der Waals surface area contributed by atoms with Gasteiger partial charge >= 0.3 is 114 Å². The molecular weight excluding hydrogens is 287 g/mol. The molecule has 0 unspecified atom stereocenters. The average Bonchev–Trinajstić information content (AvgIpc) is 2.29. The van der Waals surface area contributed by atoms with Gasteiger partial charge < -0.3 is 0 Å². The fraction of sp³-hybridized carbons (Fsp3) is 0.143. The Morgan fingerprint density at radius 2 is 2.06 bits per heavy atom. The van der Waals surface area contributed by atoms with E-state index in [4.69, 9.17) is 0 Å². The van der Waals surface area contributed by atoms with Gasteiger partial charge in [-0.3, -0.25) is 0 Å². The molecule has 0 bridgehead atoms. The second kappa shape index (κ2) is 4.11. The van der Waals surface area contributed by atoms with Crippen molar-refractivity contribution in [1.82, 2.24) is 4.98 Å². The summed E-state index contributed by atoms with van der Waals surface area (Å²) in [6.07, 6.45) is 3.94. The first-order chi connectivity index (χ1) is 8.15. The number of hydrogen-bond donors (Lipinski definition) is 1. The van der Waals surface area contributed by atoms with Crippen LogP contribution in [-0.4, -0.2) is 4.98 Å². The summed E-state index contributed by atoms with van der Waals surface area (Å²) in [5.41, 5.74) is 1.40.